The molecule has 0 saturated heterocycles. The van der Waals surface area contributed by atoms with Crippen LogP contribution in [0.15, 0.2) is 30.5 Å². The number of aryl methyl sites for hydroxylation is 2. The first-order valence-electron chi connectivity index (χ1n) is 5.94. The van der Waals surface area contributed by atoms with Crippen LogP contribution in [-0.4, -0.2) is 17.0 Å². The first-order valence-corrected chi connectivity index (χ1v) is 5.94. The van der Waals surface area contributed by atoms with Gasteiger partial charge in [0.15, 0.2) is 0 Å². The molecular weight excluding hydrogens is 224 g/mol. The standard InChI is InChI=1S/C14H18N4/c1-9-7-11(8-10(2)18-9)13(16-3)12-5-4-6-17-14(12)15/h4-8,13,16H,1-3H3,(H2,15,17). The molecule has 1 atom stereocenters. The smallest absolute Gasteiger partial charge is 0.128 e. The predicted molar refractivity (Wildman–Crippen MR) is 73.3 cm³/mol. The number of anilines is 1. The zero-order valence-electron chi connectivity index (χ0n) is 10.9. The molecule has 2 heterocycles. The summed E-state index contributed by atoms with van der Waals surface area (Å²) in [5.41, 5.74) is 10.1. The molecule has 4 heteroatoms. The maximum absolute atomic E-state index is 5.94. The van der Waals surface area contributed by atoms with Crippen molar-refractivity contribution in [1.82, 2.24) is 15.3 Å². The Labute approximate surface area is 107 Å². The van der Waals surface area contributed by atoms with Gasteiger partial charge in [-0.25, -0.2) is 4.98 Å². The highest BCUT2D eigenvalue weighted by Crippen LogP contribution is 2.25. The Morgan fingerprint density at radius 2 is 1.89 bits per heavy atom. The molecule has 2 aromatic heterocycles. The molecule has 0 spiro atoms. The molecule has 0 aliphatic heterocycles. The highest BCUT2D eigenvalue weighted by atomic mass is 14.9. The Hall–Kier alpha value is -1.94. The Morgan fingerprint density at radius 3 is 2.44 bits per heavy atom. The van der Waals surface area contributed by atoms with Crippen LogP contribution in [-0.2, 0) is 0 Å². The van der Waals surface area contributed by atoms with Crippen molar-refractivity contribution in [3.63, 3.8) is 0 Å². The number of nitrogen functional groups attached to an aromatic ring is 1. The van der Waals surface area contributed by atoms with Crippen molar-refractivity contribution in [2.24, 2.45) is 0 Å². The summed E-state index contributed by atoms with van der Waals surface area (Å²) in [5.74, 6) is 0.559. The molecule has 0 bridgehead atoms. The summed E-state index contributed by atoms with van der Waals surface area (Å²) in [6.45, 7) is 3.99. The van der Waals surface area contributed by atoms with Gasteiger partial charge in [-0.15, -0.1) is 0 Å². The maximum Gasteiger partial charge on any atom is 0.128 e. The lowest BCUT2D eigenvalue weighted by Crippen LogP contribution is -2.20. The molecule has 94 valence electrons. The third-order valence-electron chi connectivity index (χ3n) is 2.91. The van der Waals surface area contributed by atoms with Crippen LogP contribution in [0.2, 0.25) is 0 Å². The van der Waals surface area contributed by atoms with Crippen LogP contribution >= 0.6 is 0 Å². The summed E-state index contributed by atoms with van der Waals surface area (Å²) in [4.78, 5) is 8.53. The summed E-state index contributed by atoms with van der Waals surface area (Å²) in [7, 11) is 1.92. The first kappa shape index (κ1) is 12.5. The van der Waals surface area contributed by atoms with Crippen molar-refractivity contribution >= 4 is 5.82 Å². The molecule has 0 amide bonds. The fraction of sp³-hybridized carbons (Fsp3) is 0.286. The monoisotopic (exact) mass is 242 g/mol. The van der Waals surface area contributed by atoms with E-state index in [0.29, 0.717) is 5.82 Å². The van der Waals surface area contributed by atoms with Crippen LogP contribution in [0.1, 0.15) is 28.6 Å². The largest absolute Gasteiger partial charge is 0.383 e. The molecule has 0 radical (unpaired) electrons. The lowest BCUT2D eigenvalue weighted by molar-refractivity contribution is 0.688. The molecule has 2 rings (SSSR count). The summed E-state index contributed by atoms with van der Waals surface area (Å²) in [5, 5.41) is 3.28. The number of aromatic nitrogens is 2. The highest BCUT2D eigenvalue weighted by molar-refractivity contribution is 5.45. The molecule has 18 heavy (non-hydrogen) atoms. The zero-order valence-corrected chi connectivity index (χ0v) is 10.9. The second kappa shape index (κ2) is 5.14. The van der Waals surface area contributed by atoms with Crippen molar-refractivity contribution in [2.75, 3.05) is 12.8 Å². The van der Waals surface area contributed by atoms with Gasteiger partial charge in [-0.3, -0.25) is 4.98 Å². The lowest BCUT2D eigenvalue weighted by Gasteiger charge is -2.19. The van der Waals surface area contributed by atoms with E-state index in [1.807, 2.05) is 33.0 Å². The molecular formula is C14H18N4. The molecule has 3 N–H and O–H groups in total. The van der Waals surface area contributed by atoms with E-state index >= 15 is 0 Å². The number of nitrogens with one attached hydrogen (secondary N) is 1. The van der Waals surface area contributed by atoms with Gasteiger partial charge in [-0.1, -0.05) is 6.07 Å². The second-order valence-electron chi connectivity index (χ2n) is 4.38. The van der Waals surface area contributed by atoms with Gasteiger partial charge >= 0.3 is 0 Å². The van der Waals surface area contributed by atoms with E-state index in [4.69, 9.17) is 5.73 Å². The number of nitrogens with zero attached hydrogens (tertiary/aromatic N) is 2. The van der Waals surface area contributed by atoms with Crippen molar-refractivity contribution < 1.29 is 0 Å². The molecule has 0 aromatic carbocycles. The number of rotatable bonds is 3. The molecule has 1 unspecified atom stereocenters. The van der Waals surface area contributed by atoms with Gasteiger partial charge < -0.3 is 11.1 Å². The molecule has 4 nitrogen and oxygen atoms in total. The molecule has 2 aromatic rings. The Bertz CT molecular complexity index is 531. The summed E-state index contributed by atoms with van der Waals surface area (Å²) in [6.07, 6.45) is 1.70. The number of hydrogen-bond acceptors (Lipinski definition) is 4. The van der Waals surface area contributed by atoms with Gasteiger partial charge in [0, 0.05) is 23.1 Å². The van der Waals surface area contributed by atoms with E-state index in [0.717, 1.165) is 22.5 Å². The van der Waals surface area contributed by atoms with Gasteiger partial charge in [0.1, 0.15) is 5.82 Å². The van der Waals surface area contributed by atoms with E-state index in [1.54, 1.807) is 6.20 Å². The third-order valence-corrected chi connectivity index (χ3v) is 2.91. The Balaban J connectivity index is 2.48. The van der Waals surface area contributed by atoms with Crippen LogP contribution in [0.4, 0.5) is 5.82 Å². The van der Waals surface area contributed by atoms with E-state index in [9.17, 15) is 0 Å². The highest BCUT2D eigenvalue weighted by Gasteiger charge is 2.15. The summed E-state index contributed by atoms with van der Waals surface area (Å²) in [6, 6.07) is 8.08. The van der Waals surface area contributed by atoms with Crippen LogP contribution in [0.3, 0.4) is 0 Å². The minimum Gasteiger partial charge on any atom is -0.383 e. The lowest BCUT2D eigenvalue weighted by atomic mass is 9.99. The quantitative estimate of drug-likeness (QED) is 0.864. The normalized spacial score (nSPS) is 12.4. The molecule has 0 saturated carbocycles. The van der Waals surface area contributed by atoms with E-state index in [-0.39, 0.29) is 6.04 Å². The fourth-order valence-electron chi connectivity index (χ4n) is 2.21. The SMILES string of the molecule is CNC(c1cc(C)nc(C)c1)c1cccnc1N. The van der Waals surface area contributed by atoms with Crippen LogP contribution in [0.25, 0.3) is 0 Å². The number of hydrogen-bond donors (Lipinski definition) is 2. The van der Waals surface area contributed by atoms with Crippen molar-refractivity contribution in [3.05, 3.63) is 53.0 Å². The van der Waals surface area contributed by atoms with Crippen LogP contribution in [0, 0.1) is 13.8 Å². The van der Waals surface area contributed by atoms with Gasteiger partial charge in [-0.05, 0) is 44.7 Å². The first-order chi connectivity index (χ1) is 8.61. The average Bonchev–Trinajstić information content (AvgIpc) is 2.31. The molecule has 0 fully saturated rings. The van der Waals surface area contributed by atoms with Gasteiger partial charge in [0.25, 0.3) is 0 Å². The summed E-state index contributed by atoms with van der Waals surface area (Å²) < 4.78 is 0. The minimum atomic E-state index is 0.0408. The third kappa shape index (κ3) is 2.49. The molecule has 0 aliphatic rings. The van der Waals surface area contributed by atoms with Crippen LogP contribution < -0.4 is 11.1 Å². The minimum absolute atomic E-state index is 0.0408. The number of nitrogens with two attached hydrogens (primary N) is 1. The van der Waals surface area contributed by atoms with Gasteiger partial charge in [0.05, 0.1) is 6.04 Å². The Morgan fingerprint density at radius 1 is 1.22 bits per heavy atom. The predicted octanol–water partition coefficient (Wildman–Crippen LogP) is 1.98. The van der Waals surface area contributed by atoms with Gasteiger partial charge in [-0.2, -0.15) is 0 Å². The molecule has 0 aliphatic carbocycles. The number of pyridine rings is 2. The van der Waals surface area contributed by atoms with E-state index < -0.39 is 0 Å². The zero-order chi connectivity index (χ0) is 13.1. The van der Waals surface area contributed by atoms with Gasteiger partial charge in [0.2, 0.25) is 0 Å². The topological polar surface area (TPSA) is 63.8 Å². The van der Waals surface area contributed by atoms with Crippen molar-refractivity contribution in [3.8, 4) is 0 Å². The van der Waals surface area contributed by atoms with E-state index in [1.165, 1.54) is 0 Å². The van der Waals surface area contributed by atoms with Crippen LogP contribution in [0.5, 0.6) is 0 Å². The van der Waals surface area contributed by atoms with E-state index in [2.05, 4.69) is 27.4 Å². The summed E-state index contributed by atoms with van der Waals surface area (Å²) >= 11 is 0. The fourth-order valence-corrected chi connectivity index (χ4v) is 2.21. The second-order valence-corrected chi connectivity index (χ2v) is 4.38. The Kier molecular flexibility index (Phi) is 3.58. The van der Waals surface area contributed by atoms with Crippen molar-refractivity contribution in [1.29, 1.82) is 0 Å². The maximum atomic E-state index is 5.94. The average molecular weight is 242 g/mol. The van der Waals surface area contributed by atoms with Crippen molar-refractivity contribution in [2.45, 2.75) is 19.9 Å².